The molecule has 1 aliphatic rings. The van der Waals surface area contributed by atoms with Crippen LogP contribution in [0.4, 0.5) is 16.2 Å². The number of aliphatic imine (C=N–C) groups is 2. The van der Waals surface area contributed by atoms with Crippen LogP contribution in [0.5, 0.6) is 0 Å². The highest BCUT2D eigenvalue weighted by atomic mass is 79.9. The fourth-order valence-corrected chi connectivity index (χ4v) is 3.48. The van der Waals surface area contributed by atoms with E-state index in [2.05, 4.69) is 31.7 Å². The van der Waals surface area contributed by atoms with E-state index in [9.17, 15) is 4.79 Å². The van der Waals surface area contributed by atoms with Gasteiger partial charge in [-0.05, 0) is 36.4 Å². The van der Waals surface area contributed by atoms with Crippen LogP contribution in [-0.2, 0) is 4.84 Å². The van der Waals surface area contributed by atoms with Gasteiger partial charge in [0, 0.05) is 26.3 Å². The summed E-state index contributed by atoms with van der Waals surface area (Å²) in [6, 6.07) is 22.4. The summed E-state index contributed by atoms with van der Waals surface area (Å²) in [5.41, 5.74) is 6.54. The van der Waals surface area contributed by atoms with Crippen LogP contribution in [0.25, 0.3) is 0 Å². The van der Waals surface area contributed by atoms with E-state index in [1.54, 1.807) is 24.3 Å². The molecule has 0 atom stereocenters. The molecule has 0 aromatic heterocycles. The summed E-state index contributed by atoms with van der Waals surface area (Å²) in [4.78, 5) is 26.5. The van der Waals surface area contributed by atoms with E-state index in [-0.39, 0.29) is 6.54 Å². The number of carbonyl (C=O) groups is 1. The average Bonchev–Trinajstić information content (AvgIpc) is 2.92. The van der Waals surface area contributed by atoms with Crippen LogP contribution in [0.1, 0.15) is 11.1 Å². The van der Waals surface area contributed by atoms with E-state index in [1.165, 1.54) is 0 Å². The zero-order valence-corrected chi connectivity index (χ0v) is 17.9. The summed E-state index contributed by atoms with van der Waals surface area (Å²) in [5, 5.41) is 3.11. The molecule has 3 aromatic rings. The Bertz CT molecular complexity index is 1150. The Kier molecular flexibility index (Phi) is 6.11. The standard InChI is InChI=1S/C22H16BrClN4O2/c23-15-9-10-19-18(11-15)21(14-5-2-1-3-6-14)25-13-20(27-19)28-30-22(29)26-17-8-4-7-16(24)12-17/h1-12H,13H2,(H,26,29)(H,27,28). The summed E-state index contributed by atoms with van der Waals surface area (Å²) in [5.74, 6) is 0.408. The van der Waals surface area contributed by atoms with Crippen LogP contribution in [0.15, 0.2) is 87.3 Å². The molecule has 0 spiro atoms. The van der Waals surface area contributed by atoms with Crippen LogP contribution in [0.3, 0.4) is 0 Å². The first-order valence-corrected chi connectivity index (χ1v) is 10.2. The Morgan fingerprint density at radius 2 is 1.87 bits per heavy atom. The van der Waals surface area contributed by atoms with Crippen molar-refractivity contribution in [1.29, 1.82) is 0 Å². The maximum atomic E-state index is 12.1. The summed E-state index contributed by atoms with van der Waals surface area (Å²) >= 11 is 9.43. The summed E-state index contributed by atoms with van der Waals surface area (Å²) in [7, 11) is 0. The minimum absolute atomic E-state index is 0.223. The number of hydroxylamine groups is 1. The van der Waals surface area contributed by atoms with Gasteiger partial charge in [0.2, 0.25) is 0 Å². The number of hydrogen-bond donors (Lipinski definition) is 2. The molecular weight excluding hydrogens is 468 g/mol. The summed E-state index contributed by atoms with van der Waals surface area (Å²) < 4.78 is 0.925. The molecule has 2 N–H and O–H groups in total. The van der Waals surface area contributed by atoms with Gasteiger partial charge in [0.15, 0.2) is 5.84 Å². The maximum absolute atomic E-state index is 12.1. The molecule has 3 aromatic carbocycles. The second-order valence-corrected chi connectivity index (χ2v) is 7.73. The fourth-order valence-electron chi connectivity index (χ4n) is 2.93. The molecule has 1 amide bonds. The predicted octanol–water partition coefficient (Wildman–Crippen LogP) is 5.74. The second-order valence-electron chi connectivity index (χ2n) is 6.38. The van der Waals surface area contributed by atoms with Gasteiger partial charge in [-0.15, -0.1) is 0 Å². The predicted molar refractivity (Wildman–Crippen MR) is 123 cm³/mol. The second kappa shape index (κ2) is 9.11. The van der Waals surface area contributed by atoms with Gasteiger partial charge in [0.05, 0.1) is 11.4 Å². The molecule has 1 heterocycles. The molecule has 30 heavy (non-hydrogen) atoms. The van der Waals surface area contributed by atoms with Crippen molar-refractivity contribution in [3.05, 3.63) is 93.4 Å². The lowest BCUT2D eigenvalue weighted by molar-refractivity contribution is 0.134. The van der Waals surface area contributed by atoms with Crippen molar-refractivity contribution in [2.75, 3.05) is 11.9 Å². The number of rotatable bonds is 2. The number of benzene rings is 3. The Morgan fingerprint density at radius 3 is 2.67 bits per heavy atom. The number of fused-ring (bicyclic) bond motifs is 1. The highest BCUT2D eigenvalue weighted by molar-refractivity contribution is 9.10. The van der Waals surface area contributed by atoms with Gasteiger partial charge in [-0.25, -0.2) is 15.3 Å². The average molecular weight is 484 g/mol. The lowest BCUT2D eigenvalue weighted by Crippen LogP contribution is -2.31. The smallest absolute Gasteiger partial charge is 0.323 e. The Labute approximate surface area is 186 Å². The van der Waals surface area contributed by atoms with Gasteiger partial charge in [-0.1, -0.05) is 63.9 Å². The number of amides is 1. The number of halogens is 2. The van der Waals surface area contributed by atoms with Gasteiger partial charge in [0.1, 0.15) is 6.54 Å². The first-order valence-electron chi connectivity index (χ1n) is 9.05. The summed E-state index contributed by atoms with van der Waals surface area (Å²) in [6.07, 6.45) is -0.687. The molecule has 0 radical (unpaired) electrons. The third-order valence-electron chi connectivity index (χ3n) is 4.24. The van der Waals surface area contributed by atoms with Crippen molar-refractivity contribution in [1.82, 2.24) is 5.48 Å². The van der Waals surface area contributed by atoms with Crippen molar-refractivity contribution < 1.29 is 9.63 Å². The molecular formula is C22H16BrClN4O2. The molecule has 1 aliphatic heterocycles. The molecule has 0 bridgehead atoms. The van der Waals surface area contributed by atoms with E-state index in [0.29, 0.717) is 16.5 Å². The molecule has 150 valence electrons. The van der Waals surface area contributed by atoms with Crippen molar-refractivity contribution in [2.24, 2.45) is 9.98 Å². The summed E-state index contributed by atoms with van der Waals surface area (Å²) in [6.45, 7) is 0.223. The minimum Gasteiger partial charge on any atom is -0.323 e. The fraction of sp³-hybridized carbons (Fsp3) is 0.0455. The third-order valence-corrected chi connectivity index (χ3v) is 4.96. The van der Waals surface area contributed by atoms with Crippen molar-refractivity contribution in [2.45, 2.75) is 0 Å². The number of amidine groups is 1. The molecule has 0 unspecified atom stereocenters. The molecule has 0 saturated carbocycles. The normalized spacial score (nSPS) is 12.7. The number of nitrogens with one attached hydrogen (secondary N) is 2. The third kappa shape index (κ3) is 4.87. The Hall–Kier alpha value is -3.16. The largest absolute Gasteiger partial charge is 0.435 e. The molecule has 0 saturated heterocycles. The van der Waals surface area contributed by atoms with E-state index < -0.39 is 6.09 Å². The topological polar surface area (TPSA) is 75.1 Å². The first kappa shape index (κ1) is 20.1. The van der Waals surface area contributed by atoms with E-state index in [4.69, 9.17) is 21.4 Å². The molecule has 8 heteroatoms. The first-order chi connectivity index (χ1) is 14.6. The minimum atomic E-state index is -0.687. The molecule has 0 aliphatic carbocycles. The zero-order chi connectivity index (χ0) is 20.9. The van der Waals surface area contributed by atoms with Crippen molar-refractivity contribution in [3.8, 4) is 0 Å². The van der Waals surface area contributed by atoms with Crippen LogP contribution >= 0.6 is 27.5 Å². The quantitative estimate of drug-likeness (QED) is 0.457. The van der Waals surface area contributed by atoms with Crippen LogP contribution in [-0.4, -0.2) is 24.2 Å². The van der Waals surface area contributed by atoms with Crippen LogP contribution in [0, 0.1) is 0 Å². The molecule has 6 nitrogen and oxygen atoms in total. The lowest BCUT2D eigenvalue weighted by atomic mass is 10.0. The highest BCUT2D eigenvalue weighted by Crippen LogP contribution is 2.28. The van der Waals surface area contributed by atoms with Crippen LogP contribution in [0.2, 0.25) is 5.02 Å². The van der Waals surface area contributed by atoms with Gasteiger partial charge in [0.25, 0.3) is 0 Å². The highest BCUT2D eigenvalue weighted by Gasteiger charge is 2.17. The lowest BCUT2D eigenvalue weighted by Gasteiger charge is -2.09. The molecule has 0 fully saturated rings. The van der Waals surface area contributed by atoms with Gasteiger partial charge in [-0.3, -0.25) is 10.3 Å². The SMILES string of the molecule is O=C(Nc1cccc(Cl)c1)ONC1=Nc2ccc(Br)cc2C(c2ccccc2)=NC1. The monoisotopic (exact) mass is 482 g/mol. The number of nitrogens with zero attached hydrogens (tertiary/aromatic N) is 2. The Balaban J connectivity index is 1.53. The van der Waals surface area contributed by atoms with E-state index in [1.807, 2.05) is 48.5 Å². The number of carbonyl (C=O) groups excluding carboxylic acids is 1. The van der Waals surface area contributed by atoms with Crippen molar-refractivity contribution in [3.63, 3.8) is 0 Å². The Morgan fingerprint density at radius 1 is 1.03 bits per heavy atom. The number of anilines is 1. The van der Waals surface area contributed by atoms with E-state index >= 15 is 0 Å². The van der Waals surface area contributed by atoms with Crippen LogP contribution < -0.4 is 10.8 Å². The van der Waals surface area contributed by atoms with Gasteiger partial charge >= 0.3 is 6.09 Å². The van der Waals surface area contributed by atoms with Crippen molar-refractivity contribution >= 4 is 56.5 Å². The molecule has 4 rings (SSSR count). The maximum Gasteiger partial charge on any atom is 0.435 e. The zero-order valence-electron chi connectivity index (χ0n) is 15.6. The van der Waals surface area contributed by atoms with Gasteiger partial charge < -0.3 is 4.84 Å². The van der Waals surface area contributed by atoms with E-state index in [0.717, 1.165) is 27.0 Å². The number of hydrogen-bond acceptors (Lipinski definition) is 5. The van der Waals surface area contributed by atoms with Gasteiger partial charge in [-0.2, -0.15) is 0 Å².